The second-order valence-corrected chi connectivity index (χ2v) is 21.0. The molecule has 5 heteroatoms. The van der Waals surface area contributed by atoms with Gasteiger partial charge in [0.15, 0.2) is 0 Å². The molecule has 2 heterocycles. The molecule has 0 fully saturated rings. The fourth-order valence-electron chi connectivity index (χ4n) is 8.29. The van der Waals surface area contributed by atoms with E-state index in [0.717, 1.165) is 72.5 Å². The number of aromatic hydroxyl groups is 1. The number of aromatic nitrogens is 3. The molecule has 0 aliphatic heterocycles. The van der Waals surface area contributed by atoms with E-state index in [1.54, 1.807) is 0 Å². The summed E-state index contributed by atoms with van der Waals surface area (Å²) in [6, 6.07) is 51.2. The normalized spacial score (nSPS) is 12.4. The van der Waals surface area contributed by atoms with Crippen LogP contribution in [0.2, 0.25) is 0 Å². The number of para-hydroxylation sites is 2. The second kappa shape index (κ2) is 16.9. The molecule has 4 nitrogen and oxygen atoms in total. The number of phenolic OH excluding ortho intramolecular Hbond substituents is 1. The van der Waals surface area contributed by atoms with Gasteiger partial charge in [0.05, 0.1) is 22.3 Å². The van der Waals surface area contributed by atoms with Crippen molar-refractivity contribution >= 4 is 11.0 Å². The van der Waals surface area contributed by atoms with Crippen molar-refractivity contribution in [2.75, 3.05) is 0 Å². The fourth-order valence-corrected chi connectivity index (χ4v) is 8.29. The molecular formula is C58H60N3OPt-. The Morgan fingerprint density at radius 3 is 1.75 bits per heavy atom. The van der Waals surface area contributed by atoms with Crippen LogP contribution in [0.1, 0.15) is 105 Å². The molecule has 2 aromatic heterocycles. The molecule has 0 saturated carbocycles. The third-order valence-corrected chi connectivity index (χ3v) is 12.1. The maximum absolute atomic E-state index is 12.4. The largest absolute Gasteiger partial charge is 0.507 e. The molecule has 0 aliphatic rings. The van der Waals surface area contributed by atoms with Crippen molar-refractivity contribution in [3.63, 3.8) is 0 Å². The fraction of sp³-hybridized carbons (Fsp3) is 0.276. The van der Waals surface area contributed by atoms with Gasteiger partial charge in [-0.1, -0.05) is 191 Å². The molecule has 0 radical (unpaired) electrons. The zero-order valence-corrected chi connectivity index (χ0v) is 41.2. The quantitative estimate of drug-likeness (QED) is 0.169. The molecule has 8 rings (SSSR count). The van der Waals surface area contributed by atoms with Gasteiger partial charge in [-0.3, -0.25) is 9.55 Å². The number of phenols is 1. The molecule has 0 bridgehead atoms. The van der Waals surface area contributed by atoms with Crippen molar-refractivity contribution in [3.8, 4) is 67.5 Å². The summed E-state index contributed by atoms with van der Waals surface area (Å²) in [6.07, 6.45) is 1.91. The van der Waals surface area contributed by atoms with Gasteiger partial charge in [0, 0.05) is 44.1 Å². The standard InChI is InChI=1S/C58H60N3O.Pt/c1-55(2,3)42-27-25-37(26-28-42)39-29-30-59-49(34-39)41-31-40(32-43(33-41)56(4,5)6)46-22-18-24-51-52(46)60-54(47-35-44(57(7,8)9)36-48(53(47)62)58(10,11)12)61(51)50-23-17-16-21-45(50)38-19-14-13-15-20-38;/h13-30,32-36,62H,1-12H3;/q-1;. The van der Waals surface area contributed by atoms with Crippen LogP contribution in [0.15, 0.2) is 140 Å². The molecule has 0 atom stereocenters. The van der Waals surface area contributed by atoms with Crippen LogP contribution >= 0.6 is 0 Å². The average Bonchev–Trinajstić information content (AvgIpc) is 3.62. The summed E-state index contributed by atoms with van der Waals surface area (Å²) >= 11 is 0. The van der Waals surface area contributed by atoms with Crippen LogP contribution in [0.4, 0.5) is 0 Å². The van der Waals surface area contributed by atoms with Crippen LogP contribution in [0, 0.1) is 6.07 Å². The van der Waals surface area contributed by atoms with Crippen molar-refractivity contribution in [1.82, 2.24) is 14.5 Å². The second-order valence-electron chi connectivity index (χ2n) is 21.0. The number of rotatable bonds is 6. The third kappa shape index (κ3) is 9.11. The topological polar surface area (TPSA) is 50.9 Å². The maximum Gasteiger partial charge on any atom is 0.148 e. The van der Waals surface area contributed by atoms with E-state index in [0.29, 0.717) is 11.4 Å². The Morgan fingerprint density at radius 2 is 1.10 bits per heavy atom. The van der Waals surface area contributed by atoms with Gasteiger partial charge in [-0.25, -0.2) is 4.98 Å². The number of hydrogen-bond donors (Lipinski definition) is 1. The number of nitrogens with zero attached hydrogens (tertiary/aromatic N) is 3. The summed E-state index contributed by atoms with van der Waals surface area (Å²) in [4.78, 5) is 10.6. The van der Waals surface area contributed by atoms with Crippen molar-refractivity contribution in [2.45, 2.75) is 105 Å². The van der Waals surface area contributed by atoms with E-state index < -0.39 is 0 Å². The van der Waals surface area contributed by atoms with Gasteiger partial charge in [-0.15, -0.1) is 29.3 Å². The summed E-state index contributed by atoms with van der Waals surface area (Å²) in [5, 5.41) is 12.4. The molecule has 1 N–H and O–H groups in total. The summed E-state index contributed by atoms with van der Waals surface area (Å²) < 4.78 is 2.25. The SMILES string of the molecule is CC(C)(C)c1ccc(-c2ccnc(-c3[c-]c(-c4cccc5c4nc(-c4cc(C(C)(C)C)cc(C(C)(C)C)c4O)n5-c4ccccc4-c4ccccc4)cc(C(C)(C)C)c3)c2)cc1.[Pt]. The predicted molar refractivity (Wildman–Crippen MR) is 261 cm³/mol. The molecule has 63 heavy (non-hydrogen) atoms. The zero-order valence-electron chi connectivity index (χ0n) is 38.9. The monoisotopic (exact) mass is 1010 g/mol. The zero-order chi connectivity index (χ0) is 44.4. The van der Waals surface area contributed by atoms with Crippen LogP contribution in [-0.4, -0.2) is 19.6 Å². The number of fused-ring (bicyclic) bond motifs is 1. The van der Waals surface area contributed by atoms with Gasteiger partial charge in [0.1, 0.15) is 11.6 Å². The van der Waals surface area contributed by atoms with Gasteiger partial charge in [-0.2, -0.15) is 0 Å². The molecule has 0 aliphatic carbocycles. The van der Waals surface area contributed by atoms with Crippen LogP contribution in [0.25, 0.3) is 72.7 Å². The number of hydrogen-bond acceptors (Lipinski definition) is 3. The molecular weight excluding hydrogens is 950 g/mol. The van der Waals surface area contributed by atoms with E-state index in [1.165, 1.54) is 11.1 Å². The first kappa shape index (κ1) is 45.5. The van der Waals surface area contributed by atoms with Gasteiger partial charge in [0.2, 0.25) is 0 Å². The van der Waals surface area contributed by atoms with Crippen LogP contribution in [-0.2, 0) is 42.7 Å². The average molecular weight is 1010 g/mol. The third-order valence-electron chi connectivity index (χ3n) is 12.1. The first-order valence-electron chi connectivity index (χ1n) is 21.9. The van der Waals surface area contributed by atoms with Gasteiger partial charge in [-0.05, 0) is 73.7 Å². The van der Waals surface area contributed by atoms with Gasteiger partial charge in [0.25, 0.3) is 0 Å². The summed E-state index contributed by atoms with van der Waals surface area (Å²) in [5.74, 6) is 0.937. The molecule has 0 saturated heterocycles. The van der Waals surface area contributed by atoms with Crippen LogP contribution in [0.5, 0.6) is 5.75 Å². The number of pyridine rings is 1. The molecule has 8 aromatic rings. The smallest absolute Gasteiger partial charge is 0.148 e. The Bertz CT molecular complexity index is 2930. The van der Waals surface area contributed by atoms with E-state index in [9.17, 15) is 5.11 Å². The van der Waals surface area contributed by atoms with E-state index in [4.69, 9.17) is 9.97 Å². The number of imidazole rings is 1. The van der Waals surface area contributed by atoms with Crippen molar-refractivity contribution in [2.24, 2.45) is 0 Å². The van der Waals surface area contributed by atoms with Crippen molar-refractivity contribution in [3.05, 3.63) is 168 Å². The predicted octanol–water partition coefficient (Wildman–Crippen LogP) is 15.4. The Kier molecular flexibility index (Phi) is 12.2. The van der Waals surface area contributed by atoms with Crippen molar-refractivity contribution in [1.29, 1.82) is 0 Å². The maximum atomic E-state index is 12.4. The van der Waals surface area contributed by atoms with Crippen LogP contribution in [0.3, 0.4) is 0 Å². The van der Waals surface area contributed by atoms with E-state index in [1.807, 2.05) is 12.3 Å². The van der Waals surface area contributed by atoms with Crippen molar-refractivity contribution < 1.29 is 26.2 Å². The molecule has 6 aromatic carbocycles. The minimum absolute atomic E-state index is 0. The molecule has 0 spiro atoms. The summed E-state index contributed by atoms with van der Waals surface area (Å²) in [7, 11) is 0. The molecule has 0 amide bonds. The molecule has 0 unspecified atom stereocenters. The van der Waals surface area contributed by atoms with Gasteiger partial charge < -0.3 is 5.11 Å². The first-order chi connectivity index (χ1) is 29.2. The van der Waals surface area contributed by atoms with Crippen LogP contribution < -0.4 is 0 Å². The minimum Gasteiger partial charge on any atom is -0.507 e. The Balaban J connectivity index is 0.00000595. The minimum atomic E-state index is -0.315. The van der Waals surface area contributed by atoms with E-state index >= 15 is 0 Å². The van der Waals surface area contributed by atoms with Gasteiger partial charge >= 0.3 is 0 Å². The number of benzene rings is 6. The first-order valence-corrected chi connectivity index (χ1v) is 21.9. The Hall–Kier alpha value is -5.57. The summed E-state index contributed by atoms with van der Waals surface area (Å²) in [6.45, 7) is 26.6. The Morgan fingerprint density at radius 1 is 0.492 bits per heavy atom. The van der Waals surface area contributed by atoms with E-state index in [2.05, 4.69) is 221 Å². The van der Waals surface area contributed by atoms with E-state index in [-0.39, 0.29) is 48.5 Å². The molecule has 324 valence electrons. The summed E-state index contributed by atoms with van der Waals surface area (Å²) in [5.41, 5.74) is 15.5. The Labute approximate surface area is 389 Å².